The first-order valence-corrected chi connectivity index (χ1v) is 5.66. The molecular weight excluding hydrogens is 209 g/mol. The molecule has 0 saturated heterocycles. The van der Waals surface area contributed by atoms with Crippen LogP contribution in [0.1, 0.15) is 5.56 Å². The molecule has 1 N–H and O–H groups in total. The summed E-state index contributed by atoms with van der Waals surface area (Å²) in [6, 6.07) is 9.36. The van der Waals surface area contributed by atoms with Crippen LogP contribution in [0, 0.1) is 5.82 Å². The molecule has 0 aliphatic heterocycles. The normalized spacial score (nSPS) is 10.5. The van der Waals surface area contributed by atoms with Crippen LogP contribution in [0.3, 0.4) is 0 Å². The lowest BCUT2D eigenvalue weighted by Crippen LogP contribution is -2.06. The van der Waals surface area contributed by atoms with Gasteiger partial charge >= 0.3 is 0 Å². The predicted molar refractivity (Wildman–Crippen MR) is 62.5 cm³/mol. The van der Waals surface area contributed by atoms with Crippen LogP contribution in [-0.2, 0) is 6.54 Å². The Hall–Kier alpha value is -1.19. The van der Waals surface area contributed by atoms with E-state index in [1.54, 1.807) is 17.4 Å². The lowest BCUT2D eigenvalue weighted by Gasteiger charge is -2.04. The van der Waals surface area contributed by atoms with E-state index < -0.39 is 0 Å². The van der Waals surface area contributed by atoms with Gasteiger partial charge in [-0.25, -0.2) is 4.39 Å². The first kappa shape index (κ1) is 10.3. The van der Waals surface area contributed by atoms with E-state index in [1.165, 1.54) is 0 Å². The van der Waals surface area contributed by atoms with Gasteiger partial charge in [-0.15, -0.1) is 11.3 Å². The number of hydrogen-bond acceptors (Lipinski definition) is 2. The van der Waals surface area contributed by atoms with Gasteiger partial charge in [0.25, 0.3) is 0 Å². The standard InChI is InChI=1S/C12H12FNS/c1-14-8-10-5-4-9(7-11(10)13)12-3-2-6-15-12/h2-7,14H,8H2,1H3. The van der Waals surface area contributed by atoms with Crippen LogP contribution >= 0.6 is 11.3 Å². The average molecular weight is 221 g/mol. The summed E-state index contributed by atoms with van der Waals surface area (Å²) in [5, 5.41) is 4.94. The van der Waals surface area contributed by atoms with Crippen LogP contribution in [0.2, 0.25) is 0 Å². The van der Waals surface area contributed by atoms with Crippen LogP contribution in [0.15, 0.2) is 35.7 Å². The lowest BCUT2D eigenvalue weighted by atomic mass is 10.1. The Morgan fingerprint density at radius 3 is 2.80 bits per heavy atom. The molecule has 0 aliphatic carbocycles. The maximum Gasteiger partial charge on any atom is 0.128 e. The van der Waals surface area contributed by atoms with Crippen LogP contribution < -0.4 is 5.32 Å². The monoisotopic (exact) mass is 221 g/mol. The quantitative estimate of drug-likeness (QED) is 0.838. The highest BCUT2D eigenvalue weighted by molar-refractivity contribution is 7.13. The second-order valence-corrected chi connectivity index (χ2v) is 4.26. The summed E-state index contributed by atoms with van der Waals surface area (Å²) >= 11 is 1.62. The van der Waals surface area contributed by atoms with Gasteiger partial charge < -0.3 is 5.32 Å². The van der Waals surface area contributed by atoms with Gasteiger partial charge in [0.05, 0.1) is 0 Å². The van der Waals surface area contributed by atoms with Gasteiger partial charge in [0.2, 0.25) is 0 Å². The van der Waals surface area contributed by atoms with Crippen molar-refractivity contribution in [3.8, 4) is 10.4 Å². The van der Waals surface area contributed by atoms with Crippen LogP contribution in [0.4, 0.5) is 4.39 Å². The van der Waals surface area contributed by atoms with Crippen molar-refractivity contribution in [2.45, 2.75) is 6.54 Å². The molecule has 0 radical (unpaired) electrons. The van der Waals surface area contributed by atoms with E-state index in [1.807, 2.05) is 36.7 Å². The molecular formula is C12H12FNS. The third kappa shape index (κ3) is 2.25. The maximum absolute atomic E-state index is 13.6. The van der Waals surface area contributed by atoms with E-state index in [0.29, 0.717) is 12.1 Å². The fourth-order valence-electron chi connectivity index (χ4n) is 1.48. The van der Waals surface area contributed by atoms with Crippen molar-refractivity contribution in [3.05, 3.63) is 47.1 Å². The number of benzene rings is 1. The minimum Gasteiger partial charge on any atom is -0.316 e. The first-order valence-electron chi connectivity index (χ1n) is 4.78. The molecule has 0 spiro atoms. The summed E-state index contributed by atoms with van der Waals surface area (Å²) in [4.78, 5) is 1.10. The molecule has 78 valence electrons. The Kier molecular flexibility index (Phi) is 3.14. The van der Waals surface area contributed by atoms with Crippen molar-refractivity contribution in [1.82, 2.24) is 5.32 Å². The molecule has 1 nitrogen and oxygen atoms in total. The number of hydrogen-bond donors (Lipinski definition) is 1. The summed E-state index contributed by atoms with van der Waals surface area (Å²) in [6.07, 6.45) is 0. The Morgan fingerprint density at radius 2 is 2.20 bits per heavy atom. The highest BCUT2D eigenvalue weighted by atomic mass is 32.1. The highest BCUT2D eigenvalue weighted by Gasteiger charge is 2.04. The fourth-order valence-corrected chi connectivity index (χ4v) is 2.20. The van der Waals surface area contributed by atoms with Crippen molar-refractivity contribution in [3.63, 3.8) is 0 Å². The fraction of sp³-hybridized carbons (Fsp3) is 0.167. The molecule has 15 heavy (non-hydrogen) atoms. The Bertz CT molecular complexity index is 437. The summed E-state index contributed by atoms with van der Waals surface area (Å²) in [6.45, 7) is 0.566. The zero-order valence-corrected chi connectivity index (χ0v) is 9.27. The number of rotatable bonds is 3. The average Bonchev–Trinajstić information content (AvgIpc) is 2.74. The molecule has 0 saturated carbocycles. The van der Waals surface area contributed by atoms with E-state index in [4.69, 9.17) is 0 Å². The molecule has 2 rings (SSSR count). The molecule has 2 aromatic rings. The summed E-state index contributed by atoms with van der Waals surface area (Å²) < 4.78 is 13.6. The van der Waals surface area contributed by atoms with Gasteiger partial charge in [0.15, 0.2) is 0 Å². The maximum atomic E-state index is 13.6. The van der Waals surface area contributed by atoms with Gasteiger partial charge in [-0.3, -0.25) is 0 Å². The van der Waals surface area contributed by atoms with Gasteiger partial charge in [0.1, 0.15) is 5.82 Å². The summed E-state index contributed by atoms with van der Waals surface area (Å²) in [7, 11) is 1.81. The molecule has 0 amide bonds. The van der Waals surface area contributed by atoms with E-state index in [2.05, 4.69) is 5.32 Å². The second kappa shape index (κ2) is 4.55. The van der Waals surface area contributed by atoms with Gasteiger partial charge in [-0.05, 0) is 30.1 Å². The van der Waals surface area contributed by atoms with Crippen LogP contribution in [0.5, 0.6) is 0 Å². The zero-order chi connectivity index (χ0) is 10.7. The van der Waals surface area contributed by atoms with Crippen molar-refractivity contribution in [2.24, 2.45) is 0 Å². The molecule has 3 heteroatoms. The molecule has 1 aromatic heterocycles. The minimum absolute atomic E-state index is 0.143. The predicted octanol–water partition coefficient (Wildman–Crippen LogP) is 3.27. The van der Waals surface area contributed by atoms with Crippen molar-refractivity contribution in [2.75, 3.05) is 7.05 Å². The van der Waals surface area contributed by atoms with Crippen molar-refractivity contribution < 1.29 is 4.39 Å². The zero-order valence-electron chi connectivity index (χ0n) is 8.46. The van der Waals surface area contributed by atoms with E-state index in [0.717, 1.165) is 10.4 Å². The van der Waals surface area contributed by atoms with Crippen LogP contribution in [-0.4, -0.2) is 7.05 Å². The SMILES string of the molecule is CNCc1ccc(-c2cccs2)cc1F. The molecule has 0 atom stereocenters. The molecule has 0 unspecified atom stereocenters. The second-order valence-electron chi connectivity index (χ2n) is 3.31. The van der Waals surface area contributed by atoms with Gasteiger partial charge in [-0.1, -0.05) is 18.2 Å². The molecule has 1 heterocycles. The van der Waals surface area contributed by atoms with E-state index in [9.17, 15) is 4.39 Å². The van der Waals surface area contributed by atoms with Crippen LogP contribution in [0.25, 0.3) is 10.4 Å². The molecule has 1 aromatic carbocycles. The van der Waals surface area contributed by atoms with E-state index in [-0.39, 0.29) is 5.82 Å². The van der Waals surface area contributed by atoms with Crippen molar-refractivity contribution in [1.29, 1.82) is 0 Å². The topological polar surface area (TPSA) is 12.0 Å². The molecule has 0 fully saturated rings. The number of thiophene rings is 1. The highest BCUT2D eigenvalue weighted by Crippen LogP contribution is 2.26. The number of halogens is 1. The van der Waals surface area contributed by atoms with E-state index >= 15 is 0 Å². The Labute approximate surface area is 92.6 Å². The third-order valence-electron chi connectivity index (χ3n) is 2.23. The molecule has 0 bridgehead atoms. The largest absolute Gasteiger partial charge is 0.316 e. The minimum atomic E-state index is -0.143. The summed E-state index contributed by atoms with van der Waals surface area (Å²) in [5.41, 5.74) is 1.65. The molecule has 0 aliphatic rings. The van der Waals surface area contributed by atoms with Gasteiger partial charge in [0, 0.05) is 17.0 Å². The van der Waals surface area contributed by atoms with Gasteiger partial charge in [-0.2, -0.15) is 0 Å². The number of nitrogens with one attached hydrogen (secondary N) is 1. The Balaban J connectivity index is 2.33. The first-order chi connectivity index (χ1) is 7.31. The Morgan fingerprint density at radius 1 is 1.33 bits per heavy atom. The van der Waals surface area contributed by atoms with Crippen molar-refractivity contribution >= 4 is 11.3 Å². The summed E-state index contributed by atoms with van der Waals surface area (Å²) in [5.74, 6) is -0.143. The smallest absolute Gasteiger partial charge is 0.128 e. The third-order valence-corrected chi connectivity index (χ3v) is 3.14. The lowest BCUT2D eigenvalue weighted by molar-refractivity contribution is 0.601.